The van der Waals surface area contributed by atoms with Gasteiger partial charge in [-0.25, -0.2) is 0 Å². The Morgan fingerprint density at radius 1 is 1.46 bits per heavy atom. The maximum absolute atomic E-state index is 5.86. The molecule has 0 aliphatic rings. The van der Waals surface area contributed by atoms with Gasteiger partial charge in [0, 0.05) is 17.9 Å². The Hall–Kier alpha value is -0.750. The van der Waals surface area contributed by atoms with E-state index >= 15 is 0 Å². The van der Waals surface area contributed by atoms with Gasteiger partial charge >= 0.3 is 0 Å². The molecule has 0 saturated heterocycles. The zero-order valence-corrected chi connectivity index (χ0v) is 9.23. The van der Waals surface area contributed by atoms with Crippen molar-refractivity contribution in [3.05, 3.63) is 42.1 Å². The van der Waals surface area contributed by atoms with Gasteiger partial charge in [0.05, 0.1) is 22.9 Å². The van der Waals surface area contributed by atoms with Crippen LogP contribution in [-0.2, 0) is 0 Å². The van der Waals surface area contributed by atoms with E-state index in [4.69, 9.17) is 11.5 Å². The number of nitrogen functional groups attached to an aromatic ring is 1. The minimum Gasteiger partial charge on any atom is -0.399 e. The molecule has 0 aromatic heterocycles. The molecule has 0 spiro atoms. The summed E-state index contributed by atoms with van der Waals surface area (Å²) in [7, 11) is 0. The van der Waals surface area contributed by atoms with Gasteiger partial charge in [-0.1, -0.05) is 12.1 Å². The van der Waals surface area contributed by atoms with Gasteiger partial charge in [0.15, 0.2) is 0 Å². The molecule has 0 aliphatic carbocycles. The van der Waals surface area contributed by atoms with Gasteiger partial charge in [-0.15, -0.1) is 0 Å². The van der Waals surface area contributed by atoms with Crippen molar-refractivity contribution in [2.75, 3.05) is 5.73 Å². The van der Waals surface area contributed by atoms with E-state index in [0.717, 1.165) is 11.3 Å². The van der Waals surface area contributed by atoms with Crippen LogP contribution in [-0.4, -0.2) is 0 Å². The first-order valence-corrected chi connectivity index (χ1v) is 4.96. The molecule has 0 fully saturated rings. The lowest BCUT2D eigenvalue weighted by Gasteiger charge is -2.06. The summed E-state index contributed by atoms with van der Waals surface area (Å²) >= 11 is 2.03. The van der Waals surface area contributed by atoms with Gasteiger partial charge in [-0.3, -0.25) is 0 Å². The molecule has 0 saturated carbocycles. The number of nitrogens with one attached hydrogen (secondary N) is 1. The van der Waals surface area contributed by atoms with Crippen molar-refractivity contribution >= 4 is 28.6 Å². The molecule has 5 N–H and O–H groups in total. The van der Waals surface area contributed by atoms with E-state index in [1.54, 1.807) is 6.20 Å². The number of benzene rings is 1. The highest BCUT2D eigenvalue weighted by Gasteiger charge is 2.00. The van der Waals surface area contributed by atoms with Crippen LogP contribution in [0.5, 0.6) is 0 Å². The lowest BCUT2D eigenvalue weighted by Crippen LogP contribution is -2.07. The van der Waals surface area contributed by atoms with E-state index in [1.807, 2.05) is 53.2 Å². The maximum atomic E-state index is 5.86. The second-order valence-corrected chi connectivity index (χ2v) is 3.29. The Morgan fingerprint density at radius 3 is 2.85 bits per heavy atom. The van der Waals surface area contributed by atoms with Crippen molar-refractivity contribution in [2.24, 2.45) is 5.73 Å². The number of anilines is 1. The van der Waals surface area contributed by atoms with Gasteiger partial charge in [0.1, 0.15) is 0 Å². The lowest BCUT2D eigenvalue weighted by atomic mass is 10.1. The number of rotatable bonds is 3. The Bertz CT molecular complexity index is 299. The van der Waals surface area contributed by atoms with E-state index in [-0.39, 0.29) is 6.04 Å². The van der Waals surface area contributed by atoms with Crippen LogP contribution in [0.25, 0.3) is 0 Å². The minimum atomic E-state index is -0.106. The first-order valence-electron chi connectivity index (χ1n) is 3.88. The Kier molecular flexibility index (Phi) is 4.04. The Morgan fingerprint density at radius 2 is 2.23 bits per heavy atom. The average molecular weight is 289 g/mol. The Balaban J connectivity index is 2.76. The number of nitrogens with two attached hydrogens (primary N) is 2. The predicted octanol–water partition coefficient (Wildman–Crippen LogP) is 1.72. The molecule has 70 valence electrons. The standard InChI is InChI=1S/C9H12IN3/c10-13-5-4-9(12)7-2-1-3-8(11)6-7/h1-6,9,13H,11-12H2/b5-4-/t9-/m0/s1. The summed E-state index contributed by atoms with van der Waals surface area (Å²) in [6, 6.07) is 7.47. The fraction of sp³-hybridized carbons (Fsp3) is 0.111. The van der Waals surface area contributed by atoms with Crippen LogP contribution in [0.3, 0.4) is 0 Å². The molecule has 0 aliphatic heterocycles. The fourth-order valence-corrected chi connectivity index (χ4v) is 1.23. The summed E-state index contributed by atoms with van der Waals surface area (Å²) in [5.74, 6) is 0. The van der Waals surface area contributed by atoms with E-state index in [2.05, 4.69) is 3.53 Å². The van der Waals surface area contributed by atoms with Crippen molar-refractivity contribution in [3.8, 4) is 0 Å². The highest BCUT2D eigenvalue weighted by molar-refractivity contribution is 14.1. The van der Waals surface area contributed by atoms with Gasteiger partial charge in [0.25, 0.3) is 0 Å². The van der Waals surface area contributed by atoms with Gasteiger partial charge in [-0.2, -0.15) is 0 Å². The van der Waals surface area contributed by atoms with E-state index in [9.17, 15) is 0 Å². The molecule has 0 bridgehead atoms. The second kappa shape index (κ2) is 5.08. The molecule has 0 radical (unpaired) electrons. The summed E-state index contributed by atoms with van der Waals surface area (Å²) in [6.45, 7) is 0. The predicted molar refractivity (Wildman–Crippen MR) is 64.1 cm³/mol. The van der Waals surface area contributed by atoms with Crippen LogP contribution in [0.15, 0.2) is 36.5 Å². The molecule has 1 atom stereocenters. The molecule has 0 unspecified atom stereocenters. The molecule has 0 amide bonds. The molecule has 1 aromatic rings. The van der Waals surface area contributed by atoms with E-state index < -0.39 is 0 Å². The van der Waals surface area contributed by atoms with Crippen LogP contribution >= 0.6 is 22.9 Å². The molecular formula is C9H12IN3. The quantitative estimate of drug-likeness (QED) is 0.451. The monoisotopic (exact) mass is 289 g/mol. The average Bonchev–Trinajstić information content (AvgIpc) is 2.14. The summed E-state index contributed by atoms with van der Waals surface area (Å²) in [5.41, 5.74) is 13.2. The maximum Gasteiger partial charge on any atom is 0.0555 e. The smallest absolute Gasteiger partial charge is 0.0555 e. The van der Waals surface area contributed by atoms with E-state index in [0.29, 0.717) is 0 Å². The zero-order valence-electron chi connectivity index (χ0n) is 7.07. The summed E-state index contributed by atoms with van der Waals surface area (Å²) in [5, 5.41) is 0. The highest BCUT2D eigenvalue weighted by atomic mass is 127. The van der Waals surface area contributed by atoms with Crippen molar-refractivity contribution in [1.29, 1.82) is 0 Å². The number of hydrogen-bond donors (Lipinski definition) is 3. The van der Waals surface area contributed by atoms with Crippen LogP contribution < -0.4 is 15.0 Å². The SMILES string of the molecule is Nc1cccc([C@@H](N)/C=C\NI)c1. The number of hydrogen-bond acceptors (Lipinski definition) is 3. The summed E-state index contributed by atoms with van der Waals surface area (Å²) in [4.78, 5) is 0. The molecule has 1 aromatic carbocycles. The second-order valence-electron chi connectivity index (χ2n) is 2.66. The molecule has 13 heavy (non-hydrogen) atoms. The molecular weight excluding hydrogens is 277 g/mol. The fourth-order valence-electron chi connectivity index (χ4n) is 1.02. The topological polar surface area (TPSA) is 64.1 Å². The first-order chi connectivity index (χ1) is 6.24. The molecule has 4 heteroatoms. The normalized spacial score (nSPS) is 13.1. The highest BCUT2D eigenvalue weighted by Crippen LogP contribution is 2.14. The lowest BCUT2D eigenvalue weighted by molar-refractivity contribution is 0.907. The molecule has 0 heterocycles. The van der Waals surface area contributed by atoms with Crippen LogP contribution in [0.4, 0.5) is 5.69 Å². The Labute approximate surface area is 91.7 Å². The number of halogens is 1. The molecule has 1 rings (SSSR count). The van der Waals surface area contributed by atoms with Crippen molar-refractivity contribution < 1.29 is 0 Å². The van der Waals surface area contributed by atoms with Crippen molar-refractivity contribution in [2.45, 2.75) is 6.04 Å². The van der Waals surface area contributed by atoms with E-state index in [1.165, 1.54) is 0 Å². The first kappa shape index (κ1) is 10.3. The van der Waals surface area contributed by atoms with Gasteiger partial charge in [0.2, 0.25) is 0 Å². The van der Waals surface area contributed by atoms with Crippen LogP contribution in [0, 0.1) is 0 Å². The zero-order chi connectivity index (χ0) is 9.68. The van der Waals surface area contributed by atoms with Crippen LogP contribution in [0.2, 0.25) is 0 Å². The van der Waals surface area contributed by atoms with Gasteiger partial charge in [-0.05, 0) is 23.8 Å². The van der Waals surface area contributed by atoms with Crippen LogP contribution in [0.1, 0.15) is 11.6 Å². The summed E-state index contributed by atoms with van der Waals surface area (Å²) < 4.78 is 2.86. The third-order valence-corrected chi connectivity index (χ3v) is 2.02. The minimum absolute atomic E-state index is 0.106. The third kappa shape index (κ3) is 3.23. The largest absolute Gasteiger partial charge is 0.399 e. The third-order valence-electron chi connectivity index (χ3n) is 1.66. The van der Waals surface area contributed by atoms with Gasteiger partial charge < -0.3 is 15.0 Å². The summed E-state index contributed by atoms with van der Waals surface area (Å²) in [6.07, 6.45) is 3.68. The molecule has 3 nitrogen and oxygen atoms in total. The van der Waals surface area contributed by atoms with Crippen molar-refractivity contribution in [3.63, 3.8) is 0 Å². The van der Waals surface area contributed by atoms with Crippen molar-refractivity contribution in [1.82, 2.24) is 3.53 Å².